The zero-order valence-electron chi connectivity index (χ0n) is 20.5. The lowest BCUT2D eigenvalue weighted by Crippen LogP contribution is -1.97. The summed E-state index contributed by atoms with van der Waals surface area (Å²) in [6.45, 7) is 0. The SMILES string of the molecule is [c]1c2c(c(-c3ccccc3)c(-c3ccccc3)c1-c1ccccc1)-c1c(cccc1-c1ccccc1)C2. The molecule has 0 nitrogen and oxygen atoms in total. The standard InChI is InChI=1S/C37H25/c1-5-14-26(15-6-1)32-23-13-22-30-24-31-25-33(27-16-7-2-8-17-27)34(28-18-9-3-10-19-28)36(37(31)35(30)32)29-20-11-4-12-21-29/h1-23H,24H2. The van der Waals surface area contributed by atoms with E-state index in [1.54, 1.807) is 0 Å². The molecule has 0 N–H and O–H groups in total. The van der Waals surface area contributed by atoms with Crippen LogP contribution in [0.3, 0.4) is 0 Å². The second kappa shape index (κ2) is 9.08. The van der Waals surface area contributed by atoms with Crippen molar-refractivity contribution in [2.45, 2.75) is 6.42 Å². The van der Waals surface area contributed by atoms with Crippen LogP contribution in [0.2, 0.25) is 0 Å². The van der Waals surface area contributed by atoms with E-state index in [-0.39, 0.29) is 0 Å². The van der Waals surface area contributed by atoms with E-state index in [9.17, 15) is 0 Å². The summed E-state index contributed by atoms with van der Waals surface area (Å²) in [4.78, 5) is 0. The van der Waals surface area contributed by atoms with Crippen LogP contribution in [0, 0.1) is 6.07 Å². The molecule has 0 atom stereocenters. The molecule has 0 bridgehead atoms. The van der Waals surface area contributed by atoms with Gasteiger partial charge in [-0.15, -0.1) is 0 Å². The molecule has 173 valence electrons. The van der Waals surface area contributed by atoms with Gasteiger partial charge in [0, 0.05) is 0 Å². The summed E-state index contributed by atoms with van der Waals surface area (Å²) < 4.78 is 0. The maximum Gasteiger partial charge on any atom is -0.000659 e. The second-order valence-electron chi connectivity index (χ2n) is 9.58. The minimum Gasteiger partial charge on any atom is -0.0622 e. The highest BCUT2D eigenvalue weighted by Gasteiger charge is 2.30. The van der Waals surface area contributed by atoms with Gasteiger partial charge >= 0.3 is 0 Å². The van der Waals surface area contributed by atoms with Gasteiger partial charge in [0.15, 0.2) is 0 Å². The smallest absolute Gasteiger partial charge is 0.000659 e. The van der Waals surface area contributed by atoms with Gasteiger partial charge in [0.2, 0.25) is 0 Å². The van der Waals surface area contributed by atoms with Gasteiger partial charge in [-0.25, -0.2) is 0 Å². The summed E-state index contributed by atoms with van der Waals surface area (Å²) in [6, 6.07) is 53.9. The van der Waals surface area contributed by atoms with Crippen molar-refractivity contribution in [3.63, 3.8) is 0 Å². The zero-order chi connectivity index (χ0) is 24.6. The van der Waals surface area contributed by atoms with Crippen molar-refractivity contribution in [2.75, 3.05) is 0 Å². The van der Waals surface area contributed by atoms with E-state index in [0.717, 1.165) is 6.42 Å². The van der Waals surface area contributed by atoms with Gasteiger partial charge in [-0.3, -0.25) is 0 Å². The molecule has 1 aliphatic rings. The highest BCUT2D eigenvalue weighted by atomic mass is 14.3. The first-order chi connectivity index (χ1) is 18.4. The Labute approximate surface area is 218 Å². The first kappa shape index (κ1) is 21.6. The third kappa shape index (κ3) is 3.70. The quantitative estimate of drug-likeness (QED) is 0.241. The Morgan fingerprint density at radius 3 is 1.49 bits per heavy atom. The van der Waals surface area contributed by atoms with Gasteiger partial charge in [0.05, 0.1) is 0 Å². The molecular weight excluding hydrogens is 444 g/mol. The lowest BCUT2D eigenvalue weighted by atomic mass is 9.81. The lowest BCUT2D eigenvalue weighted by molar-refractivity contribution is 1.26. The topological polar surface area (TPSA) is 0 Å². The molecular formula is C37H25. The van der Waals surface area contributed by atoms with Crippen molar-refractivity contribution < 1.29 is 0 Å². The molecule has 7 rings (SSSR count). The first-order valence-electron chi connectivity index (χ1n) is 12.8. The Balaban J connectivity index is 1.64. The van der Waals surface area contributed by atoms with E-state index < -0.39 is 0 Å². The Kier molecular flexibility index (Phi) is 5.30. The van der Waals surface area contributed by atoms with Gasteiger partial charge < -0.3 is 0 Å². The van der Waals surface area contributed by atoms with E-state index in [0.29, 0.717) is 0 Å². The normalized spacial score (nSPS) is 11.7. The summed E-state index contributed by atoms with van der Waals surface area (Å²) in [5.41, 5.74) is 15.2. The molecule has 1 radical (unpaired) electrons. The van der Waals surface area contributed by atoms with E-state index in [2.05, 4.69) is 146 Å². The summed E-state index contributed by atoms with van der Waals surface area (Å²) in [5.74, 6) is 0. The van der Waals surface area contributed by atoms with E-state index in [4.69, 9.17) is 0 Å². The summed E-state index contributed by atoms with van der Waals surface area (Å²) in [7, 11) is 0. The highest BCUT2D eigenvalue weighted by molar-refractivity contribution is 6.07. The van der Waals surface area contributed by atoms with Crippen molar-refractivity contribution in [1.82, 2.24) is 0 Å². The number of fused-ring (bicyclic) bond motifs is 3. The summed E-state index contributed by atoms with van der Waals surface area (Å²) in [6.07, 6.45) is 0.889. The molecule has 0 saturated carbocycles. The Bertz CT molecular complexity index is 1700. The van der Waals surface area contributed by atoms with Crippen molar-refractivity contribution in [3.8, 4) is 55.6 Å². The Hall–Kier alpha value is -4.68. The fourth-order valence-electron chi connectivity index (χ4n) is 5.78. The fraction of sp³-hybridized carbons (Fsp3) is 0.0270. The minimum absolute atomic E-state index is 0.889. The van der Waals surface area contributed by atoms with Crippen LogP contribution in [-0.4, -0.2) is 0 Å². The predicted molar refractivity (Wildman–Crippen MR) is 155 cm³/mol. The fourth-order valence-corrected chi connectivity index (χ4v) is 5.78. The van der Waals surface area contributed by atoms with Crippen LogP contribution in [0.1, 0.15) is 11.1 Å². The first-order valence-corrected chi connectivity index (χ1v) is 12.8. The predicted octanol–water partition coefficient (Wildman–Crippen LogP) is 9.73. The molecule has 0 heteroatoms. The molecule has 6 aromatic rings. The van der Waals surface area contributed by atoms with Crippen LogP contribution >= 0.6 is 0 Å². The maximum atomic E-state index is 3.94. The average molecular weight is 470 g/mol. The molecule has 0 aromatic heterocycles. The molecule has 0 heterocycles. The number of benzene rings is 6. The Morgan fingerprint density at radius 1 is 0.378 bits per heavy atom. The third-order valence-electron chi connectivity index (χ3n) is 7.37. The molecule has 0 amide bonds. The van der Waals surface area contributed by atoms with E-state index >= 15 is 0 Å². The molecule has 0 fully saturated rings. The maximum absolute atomic E-state index is 3.94. The van der Waals surface area contributed by atoms with Crippen molar-refractivity contribution in [2.24, 2.45) is 0 Å². The molecule has 0 unspecified atom stereocenters. The largest absolute Gasteiger partial charge is 0.0622 e. The van der Waals surface area contributed by atoms with Gasteiger partial charge in [-0.2, -0.15) is 0 Å². The molecule has 1 aliphatic carbocycles. The Morgan fingerprint density at radius 2 is 0.892 bits per heavy atom. The molecule has 0 saturated heterocycles. The van der Waals surface area contributed by atoms with Crippen LogP contribution in [0.15, 0.2) is 140 Å². The number of hydrogen-bond donors (Lipinski definition) is 0. The monoisotopic (exact) mass is 469 g/mol. The summed E-state index contributed by atoms with van der Waals surface area (Å²) in [5, 5.41) is 0. The van der Waals surface area contributed by atoms with Gasteiger partial charge in [-0.05, 0) is 79.2 Å². The number of rotatable bonds is 4. The molecule has 6 aromatic carbocycles. The van der Waals surface area contributed by atoms with Crippen LogP contribution in [0.5, 0.6) is 0 Å². The lowest BCUT2D eigenvalue weighted by Gasteiger charge is -2.22. The zero-order valence-corrected chi connectivity index (χ0v) is 20.5. The van der Waals surface area contributed by atoms with Crippen LogP contribution in [0.25, 0.3) is 55.6 Å². The van der Waals surface area contributed by atoms with Crippen molar-refractivity contribution in [3.05, 3.63) is 157 Å². The van der Waals surface area contributed by atoms with Crippen LogP contribution in [0.4, 0.5) is 0 Å². The third-order valence-corrected chi connectivity index (χ3v) is 7.37. The van der Waals surface area contributed by atoms with Crippen molar-refractivity contribution >= 4 is 0 Å². The molecule has 0 spiro atoms. The molecule has 0 aliphatic heterocycles. The average Bonchev–Trinajstić information content (AvgIpc) is 3.36. The number of hydrogen-bond acceptors (Lipinski definition) is 0. The van der Waals surface area contributed by atoms with E-state index in [1.807, 2.05) is 0 Å². The highest BCUT2D eigenvalue weighted by Crippen LogP contribution is 2.53. The van der Waals surface area contributed by atoms with Crippen LogP contribution in [-0.2, 0) is 6.42 Å². The van der Waals surface area contributed by atoms with Gasteiger partial charge in [0.25, 0.3) is 0 Å². The molecule has 37 heavy (non-hydrogen) atoms. The second-order valence-corrected chi connectivity index (χ2v) is 9.58. The van der Waals surface area contributed by atoms with Gasteiger partial charge in [0.1, 0.15) is 0 Å². The minimum atomic E-state index is 0.889. The van der Waals surface area contributed by atoms with Gasteiger partial charge in [-0.1, -0.05) is 140 Å². The van der Waals surface area contributed by atoms with Crippen molar-refractivity contribution in [1.29, 1.82) is 0 Å². The summed E-state index contributed by atoms with van der Waals surface area (Å²) >= 11 is 0. The van der Waals surface area contributed by atoms with Crippen LogP contribution < -0.4 is 0 Å². The van der Waals surface area contributed by atoms with E-state index in [1.165, 1.54) is 66.8 Å².